The second-order valence-electron chi connectivity index (χ2n) is 5.71. The highest BCUT2D eigenvalue weighted by Crippen LogP contribution is 2.19. The monoisotopic (exact) mass is 296 g/mol. The van der Waals surface area contributed by atoms with Crippen molar-refractivity contribution in [2.24, 2.45) is 5.41 Å². The van der Waals surface area contributed by atoms with Crippen LogP contribution in [0.3, 0.4) is 0 Å². The van der Waals surface area contributed by atoms with Gasteiger partial charge in [-0.05, 0) is 23.1 Å². The molecule has 6 heteroatoms. The molecule has 1 rings (SSSR count). The quantitative estimate of drug-likeness (QED) is 0.860. The predicted molar refractivity (Wildman–Crippen MR) is 76.4 cm³/mol. The Hall–Kier alpha value is -1.42. The van der Waals surface area contributed by atoms with Crippen LogP contribution in [0, 0.1) is 16.7 Å². The number of aliphatic hydroxyl groups excluding tert-OH is 1. The highest BCUT2D eigenvalue weighted by atomic mass is 32.2. The van der Waals surface area contributed by atoms with Crippen LogP contribution >= 0.6 is 0 Å². The third-order valence-corrected chi connectivity index (χ3v) is 4.42. The van der Waals surface area contributed by atoms with Crippen molar-refractivity contribution in [2.45, 2.75) is 38.2 Å². The molecular formula is C14H20N2O3S. The van der Waals surface area contributed by atoms with E-state index >= 15 is 0 Å². The Kier molecular flexibility index (Phi) is 5.28. The first kappa shape index (κ1) is 16.6. The van der Waals surface area contributed by atoms with Crippen LogP contribution in [-0.2, 0) is 16.4 Å². The van der Waals surface area contributed by atoms with Crippen molar-refractivity contribution in [1.82, 2.24) is 4.72 Å². The van der Waals surface area contributed by atoms with E-state index in [1.165, 1.54) is 12.1 Å². The number of nitrogens with zero attached hydrogens (tertiary/aromatic N) is 1. The molecule has 0 aliphatic rings. The molecule has 110 valence electrons. The van der Waals surface area contributed by atoms with Gasteiger partial charge in [0.1, 0.15) is 0 Å². The summed E-state index contributed by atoms with van der Waals surface area (Å²) in [4.78, 5) is 0.125. The summed E-state index contributed by atoms with van der Waals surface area (Å²) in [5.41, 5.74) is 0.375. The summed E-state index contributed by atoms with van der Waals surface area (Å²) in [6.07, 6.45) is -0.522. The summed E-state index contributed by atoms with van der Waals surface area (Å²) in [7, 11) is -3.64. The lowest BCUT2D eigenvalue weighted by Crippen LogP contribution is -2.39. The second-order valence-corrected chi connectivity index (χ2v) is 7.48. The first-order valence-corrected chi connectivity index (χ1v) is 7.79. The molecule has 0 fully saturated rings. The van der Waals surface area contributed by atoms with Gasteiger partial charge in [-0.3, -0.25) is 0 Å². The summed E-state index contributed by atoms with van der Waals surface area (Å²) in [5.74, 6) is 0. The first-order chi connectivity index (χ1) is 9.16. The van der Waals surface area contributed by atoms with Crippen LogP contribution in [0.1, 0.15) is 26.3 Å². The zero-order valence-electron chi connectivity index (χ0n) is 11.9. The van der Waals surface area contributed by atoms with E-state index in [4.69, 9.17) is 5.26 Å². The Labute approximate surface area is 120 Å². The molecule has 0 saturated heterocycles. The van der Waals surface area contributed by atoms with Crippen LogP contribution in [0.5, 0.6) is 0 Å². The summed E-state index contributed by atoms with van der Waals surface area (Å²) in [6, 6.07) is 8.13. The fourth-order valence-corrected chi connectivity index (χ4v) is 2.49. The number of rotatable bonds is 5. The van der Waals surface area contributed by atoms with Crippen LogP contribution in [0.2, 0.25) is 0 Å². The molecule has 0 aliphatic carbocycles. The molecule has 0 radical (unpaired) electrons. The average molecular weight is 296 g/mol. The van der Waals surface area contributed by atoms with Crippen molar-refractivity contribution in [1.29, 1.82) is 5.26 Å². The van der Waals surface area contributed by atoms with Crippen molar-refractivity contribution < 1.29 is 13.5 Å². The molecule has 0 aromatic heterocycles. The summed E-state index contributed by atoms with van der Waals surface area (Å²) in [6.45, 7) is 5.47. The lowest BCUT2D eigenvalue weighted by molar-refractivity contribution is 0.0677. The topological polar surface area (TPSA) is 90.2 Å². The number of aliphatic hydroxyl groups is 1. The van der Waals surface area contributed by atoms with E-state index in [0.29, 0.717) is 0 Å². The van der Waals surface area contributed by atoms with Gasteiger partial charge in [0, 0.05) is 6.54 Å². The minimum absolute atomic E-state index is 0.0359. The summed E-state index contributed by atoms with van der Waals surface area (Å²) in [5, 5.41) is 18.4. The van der Waals surface area contributed by atoms with Crippen LogP contribution in [0.4, 0.5) is 0 Å². The van der Waals surface area contributed by atoms with Gasteiger partial charge in [-0.25, -0.2) is 13.1 Å². The fraction of sp³-hybridized carbons (Fsp3) is 0.500. The van der Waals surface area contributed by atoms with Crippen molar-refractivity contribution in [2.75, 3.05) is 6.54 Å². The second kappa shape index (κ2) is 6.35. The summed E-state index contributed by atoms with van der Waals surface area (Å²) < 4.78 is 26.5. The van der Waals surface area contributed by atoms with Crippen molar-refractivity contribution in [3.05, 3.63) is 29.8 Å². The molecule has 0 aliphatic heterocycles. The lowest BCUT2D eigenvalue weighted by Gasteiger charge is -2.25. The maximum Gasteiger partial charge on any atom is 0.240 e. The summed E-state index contributed by atoms with van der Waals surface area (Å²) >= 11 is 0. The van der Waals surface area contributed by atoms with Gasteiger partial charge in [-0.2, -0.15) is 5.26 Å². The minimum atomic E-state index is -3.64. The molecular weight excluding hydrogens is 276 g/mol. The van der Waals surface area contributed by atoms with E-state index in [9.17, 15) is 13.5 Å². The van der Waals surface area contributed by atoms with E-state index in [2.05, 4.69) is 4.72 Å². The maximum atomic E-state index is 12.0. The highest BCUT2D eigenvalue weighted by Gasteiger charge is 2.24. The van der Waals surface area contributed by atoms with Gasteiger partial charge < -0.3 is 5.11 Å². The van der Waals surface area contributed by atoms with E-state index in [1.807, 2.05) is 26.8 Å². The molecule has 5 nitrogen and oxygen atoms in total. The van der Waals surface area contributed by atoms with Gasteiger partial charge in [0.2, 0.25) is 10.0 Å². The molecule has 0 spiro atoms. The largest absolute Gasteiger partial charge is 0.391 e. The van der Waals surface area contributed by atoms with Crippen LogP contribution in [0.15, 0.2) is 29.2 Å². The Morgan fingerprint density at radius 1 is 1.30 bits per heavy atom. The van der Waals surface area contributed by atoms with E-state index < -0.39 is 16.1 Å². The molecule has 1 unspecified atom stereocenters. The third-order valence-electron chi connectivity index (χ3n) is 2.98. The van der Waals surface area contributed by atoms with Crippen LogP contribution in [-0.4, -0.2) is 26.2 Å². The number of benzene rings is 1. The Morgan fingerprint density at radius 3 is 2.30 bits per heavy atom. The molecule has 1 atom stereocenters. The Morgan fingerprint density at radius 2 is 1.85 bits per heavy atom. The van der Waals surface area contributed by atoms with Crippen LogP contribution in [0.25, 0.3) is 0 Å². The van der Waals surface area contributed by atoms with Crippen LogP contribution < -0.4 is 4.72 Å². The lowest BCUT2D eigenvalue weighted by atomic mass is 9.89. The minimum Gasteiger partial charge on any atom is -0.391 e. The number of nitriles is 1. The zero-order valence-corrected chi connectivity index (χ0v) is 12.7. The van der Waals surface area contributed by atoms with Crippen molar-refractivity contribution in [3.8, 4) is 6.07 Å². The SMILES string of the molecule is CC(C)(C)C(O)CNS(=O)(=O)c1ccc(CC#N)cc1. The van der Waals surface area contributed by atoms with Crippen molar-refractivity contribution in [3.63, 3.8) is 0 Å². The van der Waals surface area contributed by atoms with Gasteiger partial charge in [-0.15, -0.1) is 0 Å². The molecule has 0 saturated carbocycles. The third kappa shape index (κ3) is 4.60. The molecule has 0 heterocycles. The fourth-order valence-electron chi connectivity index (χ4n) is 1.46. The van der Waals surface area contributed by atoms with Gasteiger partial charge in [0.15, 0.2) is 0 Å². The van der Waals surface area contributed by atoms with E-state index in [-0.39, 0.29) is 23.3 Å². The predicted octanol–water partition coefficient (Wildman–Crippen LogP) is 1.44. The van der Waals surface area contributed by atoms with Crippen molar-refractivity contribution >= 4 is 10.0 Å². The molecule has 2 N–H and O–H groups in total. The molecule has 1 aromatic carbocycles. The zero-order chi connectivity index (χ0) is 15.4. The Bertz CT molecular complexity index is 580. The van der Waals surface area contributed by atoms with E-state index in [0.717, 1.165) is 5.56 Å². The van der Waals surface area contributed by atoms with Gasteiger partial charge in [0.25, 0.3) is 0 Å². The normalized spacial score (nSPS) is 13.8. The average Bonchev–Trinajstić information content (AvgIpc) is 2.36. The van der Waals surface area contributed by atoms with Gasteiger partial charge in [0.05, 0.1) is 23.5 Å². The molecule has 0 bridgehead atoms. The molecule has 20 heavy (non-hydrogen) atoms. The number of nitrogens with one attached hydrogen (secondary N) is 1. The number of hydrogen-bond acceptors (Lipinski definition) is 4. The number of hydrogen-bond donors (Lipinski definition) is 2. The van der Waals surface area contributed by atoms with Gasteiger partial charge in [-0.1, -0.05) is 32.9 Å². The van der Waals surface area contributed by atoms with E-state index in [1.54, 1.807) is 12.1 Å². The highest BCUT2D eigenvalue weighted by molar-refractivity contribution is 7.89. The molecule has 0 amide bonds. The maximum absolute atomic E-state index is 12.0. The standard InChI is InChI=1S/C14H20N2O3S/c1-14(2,3)13(17)10-16-20(18,19)12-6-4-11(5-7-12)8-9-15/h4-7,13,16-17H,8,10H2,1-3H3. The smallest absolute Gasteiger partial charge is 0.240 e. The first-order valence-electron chi connectivity index (χ1n) is 6.30. The van der Waals surface area contributed by atoms with Gasteiger partial charge >= 0.3 is 0 Å². The molecule has 1 aromatic rings. The Balaban J connectivity index is 2.77. The number of sulfonamides is 1.